The first-order valence-corrected chi connectivity index (χ1v) is 5.95. The van der Waals surface area contributed by atoms with Crippen LogP contribution >= 0.6 is 0 Å². The number of rotatable bonds is 5. The third kappa shape index (κ3) is 2.92. The molecule has 0 spiro atoms. The van der Waals surface area contributed by atoms with Gasteiger partial charge in [-0.1, -0.05) is 0 Å². The molecular formula is C13H17NO4. The lowest BCUT2D eigenvalue weighted by atomic mass is 10.1. The predicted octanol–water partition coefficient (Wildman–Crippen LogP) is 1.38. The van der Waals surface area contributed by atoms with Crippen molar-refractivity contribution in [1.29, 1.82) is 0 Å². The van der Waals surface area contributed by atoms with Crippen molar-refractivity contribution in [2.75, 3.05) is 26.8 Å². The van der Waals surface area contributed by atoms with Gasteiger partial charge in [0.05, 0.1) is 19.3 Å². The summed E-state index contributed by atoms with van der Waals surface area (Å²) in [5.41, 5.74) is 0.196. The van der Waals surface area contributed by atoms with Crippen molar-refractivity contribution in [3.63, 3.8) is 0 Å². The Hall–Kier alpha value is -1.75. The van der Waals surface area contributed by atoms with Gasteiger partial charge in [-0.05, 0) is 31.2 Å². The predicted molar refractivity (Wildman–Crippen MR) is 66.4 cm³/mol. The molecule has 18 heavy (non-hydrogen) atoms. The van der Waals surface area contributed by atoms with E-state index in [1.54, 1.807) is 6.07 Å². The van der Waals surface area contributed by atoms with Gasteiger partial charge in [-0.25, -0.2) is 4.79 Å². The Labute approximate surface area is 106 Å². The van der Waals surface area contributed by atoms with Gasteiger partial charge in [0.2, 0.25) is 0 Å². The molecule has 0 aliphatic carbocycles. The van der Waals surface area contributed by atoms with Crippen molar-refractivity contribution in [2.24, 2.45) is 5.92 Å². The van der Waals surface area contributed by atoms with E-state index in [2.05, 4.69) is 5.32 Å². The Balaban J connectivity index is 2.04. The minimum atomic E-state index is -0.972. The number of ether oxygens (including phenoxy) is 2. The highest BCUT2D eigenvalue weighted by Gasteiger charge is 2.16. The van der Waals surface area contributed by atoms with E-state index < -0.39 is 5.97 Å². The van der Waals surface area contributed by atoms with Crippen LogP contribution in [0.3, 0.4) is 0 Å². The van der Waals surface area contributed by atoms with Crippen molar-refractivity contribution in [2.45, 2.75) is 6.42 Å². The van der Waals surface area contributed by atoms with E-state index in [0.29, 0.717) is 24.0 Å². The van der Waals surface area contributed by atoms with Gasteiger partial charge in [-0.15, -0.1) is 0 Å². The molecule has 1 aromatic carbocycles. The monoisotopic (exact) mass is 251 g/mol. The average molecular weight is 251 g/mol. The molecule has 0 amide bonds. The molecule has 1 atom stereocenters. The van der Waals surface area contributed by atoms with E-state index in [-0.39, 0.29) is 5.56 Å². The summed E-state index contributed by atoms with van der Waals surface area (Å²) >= 11 is 0. The molecule has 1 aliphatic rings. The third-order valence-corrected chi connectivity index (χ3v) is 3.05. The van der Waals surface area contributed by atoms with Crippen LogP contribution in [0.15, 0.2) is 18.2 Å². The molecule has 0 aromatic heterocycles. The van der Waals surface area contributed by atoms with Crippen LogP contribution in [0.4, 0.5) is 0 Å². The van der Waals surface area contributed by atoms with E-state index in [1.165, 1.54) is 19.2 Å². The van der Waals surface area contributed by atoms with Crippen LogP contribution in [-0.2, 0) is 0 Å². The Kier molecular flexibility index (Phi) is 4.04. The minimum Gasteiger partial charge on any atom is -0.493 e. The van der Waals surface area contributed by atoms with E-state index in [0.717, 1.165) is 19.5 Å². The summed E-state index contributed by atoms with van der Waals surface area (Å²) in [4.78, 5) is 10.8. The van der Waals surface area contributed by atoms with Crippen LogP contribution in [0, 0.1) is 5.92 Å². The van der Waals surface area contributed by atoms with Crippen LogP contribution in [0.5, 0.6) is 11.5 Å². The maximum absolute atomic E-state index is 10.8. The SMILES string of the molecule is COc1cc(C(=O)O)ccc1OCC1CCNC1. The highest BCUT2D eigenvalue weighted by molar-refractivity contribution is 5.88. The molecule has 0 radical (unpaired) electrons. The zero-order chi connectivity index (χ0) is 13.0. The Morgan fingerprint density at radius 3 is 2.94 bits per heavy atom. The number of carboxylic acid groups (broad SMARTS) is 1. The molecule has 5 heteroatoms. The first-order chi connectivity index (χ1) is 8.70. The summed E-state index contributed by atoms with van der Waals surface area (Å²) < 4.78 is 10.8. The molecule has 1 aliphatic heterocycles. The topological polar surface area (TPSA) is 67.8 Å². The third-order valence-electron chi connectivity index (χ3n) is 3.05. The Bertz CT molecular complexity index is 427. The fourth-order valence-corrected chi connectivity index (χ4v) is 1.98. The van der Waals surface area contributed by atoms with E-state index in [4.69, 9.17) is 14.6 Å². The van der Waals surface area contributed by atoms with Crippen LogP contribution < -0.4 is 14.8 Å². The van der Waals surface area contributed by atoms with Crippen molar-refractivity contribution >= 4 is 5.97 Å². The number of carboxylic acids is 1. The second-order valence-electron chi connectivity index (χ2n) is 4.34. The summed E-state index contributed by atoms with van der Waals surface area (Å²) in [6, 6.07) is 4.64. The number of methoxy groups -OCH3 is 1. The van der Waals surface area contributed by atoms with Gasteiger partial charge in [0.1, 0.15) is 0 Å². The van der Waals surface area contributed by atoms with Gasteiger partial charge in [0, 0.05) is 12.5 Å². The molecule has 2 N–H and O–H groups in total. The van der Waals surface area contributed by atoms with E-state index >= 15 is 0 Å². The lowest BCUT2D eigenvalue weighted by Crippen LogP contribution is -2.15. The first kappa shape index (κ1) is 12.7. The van der Waals surface area contributed by atoms with Crippen molar-refractivity contribution in [1.82, 2.24) is 5.32 Å². The normalized spacial score (nSPS) is 18.6. The smallest absolute Gasteiger partial charge is 0.335 e. The minimum absolute atomic E-state index is 0.196. The Morgan fingerprint density at radius 1 is 1.50 bits per heavy atom. The summed E-state index contributed by atoms with van der Waals surface area (Å²) in [6.45, 7) is 2.62. The molecule has 5 nitrogen and oxygen atoms in total. The molecule has 1 unspecified atom stereocenters. The maximum atomic E-state index is 10.8. The van der Waals surface area contributed by atoms with Crippen LogP contribution in [-0.4, -0.2) is 37.9 Å². The van der Waals surface area contributed by atoms with Crippen molar-refractivity contribution in [3.8, 4) is 11.5 Å². The molecule has 0 bridgehead atoms. The summed E-state index contributed by atoms with van der Waals surface area (Å²) in [7, 11) is 1.50. The maximum Gasteiger partial charge on any atom is 0.335 e. The number of hydrogen-bond donors (Lipinski definition) is 2. The van der Waals surface area contributed by atoms with Crippen molar-refractivity contribution < 1.29 is 19.4 Å². The number of carbonyl (C=O) groups is 1. The highest BCUT2D eigenvalue weighted by Crippen LogP contribution is 2.28. The first-order valence-electron chi connectivity index (χ1n) is 5.95. The summed E-state index contributed by atoms with van der Waals surface area (Å²) in [5, 5.41) is 12.2. The standard InChI is InChI=1S/C13H17NO4/c1-17-12-6-10(13(15)16)2-3-11(12)18-8-9-4-5-14-7-9/h2-3,6,9,14H,4-5,7-8H2,1H3,(H,15,16). The molecule has 1 aromatic rings. The second-order valence-corrected chi connectivity index (χ2v) is 4.34. The highest BCUT2D eigenvalue weighted by atomic mass is 16.5. The van der Waals surface area contributed by atoms with Gasteiger partial charge in [-0.2, -0.15) is 0 Å². The fraction of sp³-hybridized carbons (Fsp3) is 0.462. The van der Waals surface area contributed by atoms with Gasteiger partial charge >= 0.3 is 5.97 Å². The molecule has 98 valence electrons. The molecule has 1 heterocycles. The Morgan fingerprint density at radius 2 is 2.33 bits per heavy atom. The average Bonchev–Trinajstić information content (AvgIpc) is 2.89. The number of benzene rings is 1. The van der Waals surface area contributed by atoms with E-state index in [9.17, 15) is 4.79 Å². The second kappa shape index (κ2) is 5.73. The van der Waals surface area contributed by atoms with Gasteiger partial charge < -0.3 is 19.9 Å². The molecule has 1 saturated heterocycles. The largest absolute Gasteiger partial charge is 0.493 e. The fourth-order valence-electron chi connectivity index (χ4n) is 1.98. The number of nitrogens with one attached hydrogen (secondary N) is 1. The summed E-state index contributed by atoms with van der Waals surface area (Å²) in [5.74, 6) is 0.587. The number of aromatic carboxylic acids is 1. The zero-order valence-corrected chi connectivity index (χ0v) is 10.3. The van der Waals surface area contributed by atoms with Gasteiger partial charge in [0.25, 0.3) is 0 Å². The zero-order valence-electron chi connectivity index (χ0n) is 10.3. The van der Waals surface area contributed by atoms with Crippen LogP contribution in [0.25, 0.3) is 0 Å². The molecule has 0 saturated carbocycles. The summed E-state index contributed by atoms with van der Waals surface area (Å²) in [6.07, 6.45) is 1.11. The van der Waals surface area contributed by atoms with Gasteiger partial charge in [-0.3, -0.25) is 0 Å². The van der Waals surface area contributed by atoms with Crippen LogP contribution in [0.1, 0.15) is 16.8 Å². The lowest BCUT2D eigenvalue weighted by Gasteiger charge is -2.14. The molecule has 1 fully saturated rings. The lowest BCUT2D eigenvalue weighted by molar-refractivity contribution is 0.0696. The van der Waals surface area contributed by atoms with Gasteiger partial charge in [0.15, 0.2) is 11.5 Å². The quantitative estimate of drug-likeness (QED) is 0.827. The van der Waals surface area contributed by atoms with Crippen LogP contribution in [0.2, 0.25) is 0 Å². The molecule has 2 rings (SSSR count). The number of hydrogen-bond acceptors (Lipinski definition) is 4. The molecular weight excluding hydrogens is 234 g/mol. The van der Waals surface area contributed by atoms with Crippen molar-refractivity contribution in [3.05, 3.63) is 23.8 Å². The van der Waals surface area contributed by atoms with E-state index in [1.807, 2.05) is 0 Å².